The van der Waals surface area contributed by atoms with Crippen LogP contribution in [0.1, 0.15) is 12.5 Å². The Balaban J connectivity index is 2.54. The second kappa shape index (κ2) is 6.11. The maximum Gasteiger partial charge on any atom is 0.216 e. The Morgan fingerprint density at radius 2 is 2.12 bits per heavy atom. The van der Waals surface area contributed by atoms with Gasteiger partial charge in [-0.3, -0.25) is 4.79 Å². The predicted molar refractivity (Wildman–Crippen MR) is 71.1 cm³/mol. The summed E-state index contributed by atoms with van der Waals surface area (Å²) in [7, 11) is 0. The standard InChI is InChI=1S/C11H14BrClN2O/c1-7-5-9(12)11(6-10(7)13)15-4-3-14-8(2)16/h5-6,15H,3-4H2,1-2H3,(H,14,16). The SMILES string of the molecule is CC(=O)NCCNc1cc(Cl)c(C)cc1Br. The lowest BCUT2D eigenvalue weighted by Crippen LogP contribution is -2.26. The molecule has 3 nitrogen and oxygen atoms in total. The zero-order chi connectivity index (χ0) is 12.1. The molecule has 0 radical (unpaired) electrons. The highest BCUT2D eigenvalue weighted by Gasteiger charge is 2.03. The molecule has 1 rings (SSSR count). The first kappa shape index (κ1) is 13.3. The van der Waals surface area contributed by atoms with Crippen LogP contribution in [0.25, 0.3) is 0 Å². The maximum atomic E-state index is 10.7. The minimum absolute atomic E-state index is 0.0252. The van der Waals surface area contributed by atoms with E-state index in [2.05, 4.69) is 26.6 Å². The van der Waals surface area contributed by atoms with Gasteiger partial charge in [0.25, 0.3) is 0 Å². The van der Waals surface area contributed by atoms with Gasteiger partial charge in [-0.1, -0.05) is 11.6 Å². The first-order chi connectivity index (χ1) is 7.50. The Hall–Kier alpha value is -0.740. The topological polar surface area (TPSA) is 41.1 Å². The molecular weight excluding hydrogens is 291 g/mol. The van der Waals surface area contributed by atoms with E-state index in [1.807, 2.05) is 19.1 Å². The van der Waals surface area contributed by atoms with Crippen LogP contribution in [-0.4, -0.2) is 19.0 Å². The van der Waals surface area contributed by atoms with Crippen molar-refractivity contribution in [3.05, 3.63) is 27.2 Å². The molecule has 1 aromatic carbocycles. The van der Waals surface area contributed by atoms with Crippen molar-refractivity contribution in [1.82, 2.24) is 5.32 Å². The summed E-state index contributed by atoms with van der Waals surface area (Å²) in [6.45, 7) is 4.71. The van der Waals surface area contributed by atoms with E-state index >= 15 is 0 Å². The van der Waals surface area contributed by atoms with Crippen molar-refractivity contribution in [2.75, 3.05) is 18.4 Å². The number of carbonyl (C=O) groups is 1. The molecule has 0 bridgehead atoms. The van der Waals surface area contributed by atoms with Crippen LogP contribution in [0.15, 0.2) is 16.6 Å². The lowest BCUT2D eigenvalue weighted by atomic mass is 10.2. The number of anilines is 1. The van der Waals surface area contributed by atoms with Gasteiger partial charge in [0, 0.05) is 35.2 Å². The van der Waals surface area contributed by atoms with Gasteiger partial charge in [0.05, 0.1) is 0 Å². The quantitative estimate of drug-likeness (QED) is 0.840. The molecule has 0 fully saturated rings. The normalized spacial score (nSPS) is 10.0. The molecule has 1 amide bonds. The third-order valence-corrected chi connectivity index (χ3v) is 3.13. The van der Waals surface area contributed by atoms with Crippen LogP contribution in [0.5, 0.6) is 0 Å². The summed E-state index contributed by atoms with van der Waals surface area (Å²) >= 11 is 9.47. The number of hydrogen-bond acceptors (Lipinski definition) is 2. The Bertz CT molecular complexity index is 396. The highest BCUT2D eigenvalue weighted by Crippen LogP contribution is 2.28. The molecule has 0 unspecified atom stereocenters. The summed E-state index contributed by atoms with van der Waals surface area (Å²) in [6, 6.07) is 3.83. The first-order valence-electron chi connectivity index (χ1n) is 4.94. The fourth-order valence-electron chi connectivity index (χ4n) is 1.22. The van der Waals surface area contributed by atoms with Crippen LogP contribution >= 0.6 is 27.5 Å². The number of benzene rings is 1. The Labute approximate surface area is 109 Å². The number of carbonyl (C=O) groups excluding carboxylic acids is 1. The molecule has 0 saturated heterocycles. The number of nitrogens with one attached hydrogen (secondary N) is 2. The second-order valence-electron chi connectivity index (χ2n) is 3.49. The van der Waals surface area contributed by atoms with Crippen LogP contribution in [0, 0.1) is 6.92 Å². The van der Waals surface area contributed by atoms with Gasteiger partial charge < -0.3 is 10.6 Å². The number of amides is 1. The lowest BCUT2D eigenvalue weighted by Gasteiger charge is -2.10. The van der Waals surface area contributed by atoms with Crippen molar-refractivity contribution in [2.24, 2.45) is 0 Å². The fraction of sp³-hybridized carbons (Fsp3) is 0.364. The molecule has 1 aromatic rings. The molecule has 0 atom stereocenters. The Kier molecular flexibility index (Phi) is 5.09. The molecule has 0 aromatic heterocycles. The number of rotatable bonds is 4. The monoisotopic (exact) mass is 304 g/mol. The Morgan fingerprint density at radius 1 is 1.44 bits per heavy atom. The summed E-state index contributed by atoms with van der Waals surface area (Å²) in [5.41, 5.74) is 1.96. The number of hydrogen-bond donors (Lipinski definition) is 2. The van der Waals surface area contributed by atoms with Gasteiger partial charge in [0.2, 0.25) is 5.91 Å². The molecule has 0 spiro atoms. The zero-order valence-corrected chi connectivity index (χ0v) is 11.6. The first-order valence-corrected chi connectivity index (χ1v) is 6.11. The van der Waals surface area contributed by atoms with E-state index in [1.165, 1.54) is 6.92 Å². The van der Waals surface area contributed by atoms with Crippen molar-refractivity contribution in [2.45, 2.75) is 13.8 Å². The molecule has 0 aliphatic rings. The lowest BCUT2D eigenvalue weighted by molar-refractivity contribution is -0.118. The van der Waals surface area contributed by atoms with Crippen LogP contribution < -0.4 is 10.6 Å². The van der Waals surface area contributed by atoms with Crippen molar-refractivity contribution in [3.8, 4) is 0 Å². The minimum atomic E-state index is -0.0252. The van der Waals surface area contributed by atoms with Crippen molar-refractivity contribution in [1.29, 1.82) is 0 Å². The fourth-order valence-corrected chi connectivity index (χ4v) is 1.98. The third kappa shape index (κ3) is 4.02. The van der Waals surface area contributed by atoms with E-state index in [-0.39, 0.29) is 5.91 Å². The third-order valence-electron chi connectivity index (χ3n) is 2.06. The minimum Gasteiger partial charge on any atom is -0.382 e. The summed E-state index contributed by atoms with van der Waals surface area (Å²) in [4.78, 5) is 10.7. The summed E-state index contributed by atoms with van der Waals surface area (Å²) in [5.74, 6) is -0.0252. The van der Waals surface area contributed by atoms with Crippen LogP contribution in [0.4, 0.5) is 5.69 Å². The number of aryl methyl sites for hydroxylation is 1. The second-order valence-corrected chi connectivity index (χ2v) is 4.75. The van der Waals surface area contributed by atoms with Crippen molar-refractivity contribution >= 4 is 39.1 Å². The van der Waals surface area contributed by atoms with Crippen molar-refractivity contribution in [3.63, 3.8) is 0 Å². The molecule has 5 heteroatoms. The molecule has 2 N–H and O–H groups in total. The molecule has 16 heavy (non-hydrogen) atoms. The summed E-state index contributed by atoms with van der Waals surface area (Å²) in [5, 5.41) is 6.63. The number of halogens is 2. The molecule has 88 valence electrons. The van der Waals surface area contributed by atoms with E-state index < -0.39 is 0 Å². The van der Waals surface area contributed by atoms with Gasteiger partial charge in [0.1, 0.15) is 0 Å². The van der Waals surface area contributed by atoms with Gasteiger partial charge in [0.15, 0.2) is 0 Å². The maximum absolute atomic E-state index is 10.7. The van der Waals surface area contributed by atoms with Gasteiger partial charge in [-0.25, -0.2) is 0 Å². The molecular formula is C11H14BrClN2O. The van der Waals surface area contributed by atoms with Crippen molar-refractivity contribution < 1.29 is 4.79 Å². The largest absolute Gasteiger partial charge is 0.382 e. The molecule has 0 aliphatic carbocycles. The van der Waals surface area contributed by atoms with Gasteiger partial charge in [-0.15, -0.1) is 0 Å². The molecule has 0 heterocycles. The van der Waals surface area contributed by atoms with Crippen LogP contribution in [0.3, 0.4) is 0 Å². The highest BCUT2D eigenvalue weighted by atomic mass is 79.9. The van der Waals surface area contributed by atoms with Gasteiger partial charge in [-0.2, -0.15) is 0 Å². The molecule has 0 saturated carbocycles. The smallest absolute Gasteiger partial charge is 0.216 e. The van der Waals surface area contributed by atoms with Crippen LogP contribution in [-0.2, 0) is 4.79 Å². The van der Waals surface area contributed by atoms with E-state index in [4.69, 9.17) is 11.6 Å². The predicted octanol–water partition coefficient (Wildman–Crippen LogP) is 2.96. The van der Waals surface area contributed by atoms with E-state index in [9.17, 15) is 4.79 Å². The Morgan fingerprint density at radius 3 is 2.75 bits per heavy atom. The average molecular weight is 306 g/mol. The van der Waals surface area contributed by atoms with Gasteiger partial charge >= 0.3 is 0 Å². The highest BCUT2D eigenvalue weighted by molar-refractivity contribution is 9.10. The van der Waals surface area contributed by atoms with Gasteiger partial charge in [-0.05, 0) is 40.5 Å². The van der Waals surface area contributed by atoms with Crippen LogP contribution in [0.2, 0.25) is 5.02 Å². The van der Waals surface area contributed by atoms with E-state index in [0.29, 0.717) is 13.1 Å². The average Bonchev–Trinajstić information content (AvgIpc) is 2.19. The van der Waals surface area contributed by atoms with E-state index in [0.717, 1.165) is 20.7 Å². The summed E-state index contributed by atoms with van der Waals surface area (Å²) in [6.07, 6.45) is 0. The molecule has 0 aliphatic heterocycles. The summed E-state index contributed by atoms with van der Waals surface area (Å²) < 4.78 is 0.970. The van der Waals surface area contributed by atoms with E-state index in [1.54, 1.807) is 0 Å². The zero-order valence-electron chi connectivity index (χ0n) is 9.23.